The van der Waals surface area contributed by atoms with Crippen molar-refractivity contribution in [2.24, 2.45) is 0 Å². The molecule has 2 N–H and O–H groups in total. The van der Waals surface area contributed by atoms with Crippen LogP contribution in [0.1, 0.15) is 25.0 Å². The van der Waals surface area contributed by atoms with Crippen LogP contribution in [0, 0.1) is 0 Å². The predicted molar refractivity (Wildman–Crippen MR) is 115 cm³/mol. The Hall–Kier alpha value is -4.00. The zero-order valence-electron chi connectivity index (χ0n) is 17.5. The molecule has 1 amide bonds. The molecule has 0 saturated carbocycles. The van der Waals surface area contributed by atoms with E-state index >= 15 is 0 Å². The molecule has 0 radical (unpaired) electrons. The van der Waals surface area contributed by atoms with Crippen LogP contribution >= 0.6 is 0 Å². The number of anilines is 2. The number of fused-ring (bicyclic) bond motifs is 2. The van der Waals surface area contributed by atoms with Gasteiger partial charge in [-0.2, -0.15) is 0 Å². The Labute approximate surface area is 189 Å². The molecule has 1 atom stereocenters. The van der Waals surface area contributed by atoms with Gasteiger partial charge < -0.3 is 10.0 Å². The topological polar surface area (TPSA) is 118 Å². The quantitative estimate of drug-likeness (QED) is 0.461. The monoisotopic (exact) mass is 473 g/mol. The molecule has 13 heteroatoms. The van der Waals surface area contributed by atoms with Crippen LogP contribution in [0.3, 0.4) is 0 Å². The summed E-state index contributed by atoms with van der Waals surface area (Å²) in [5.74, 6) is 0.0943. The lowest BCUT2D eigenvalue weighted by atomic mass is 10.1. The maximum Gasteiger partial charge on any atom is 0.450 e. The van der Waals surface area contributed by atoms with Gasteiger partial charge in [0.2, 0.25) is 0 Å². The van der Waals surface area contributed by atoms with E-state index in [-0.39, 0.29) is 22.4 Å². The van der Waals surface area contributed by atoms with Gasteiger partial charge in [0.25, 0.3) is 6.43 Å². The molecule has 1 saturated heterocycles. The van der Waals surface area contributed by atoms with E-state index in [0.717, 1.165) is 31.3 Å². The number of carbonyl (C=O) groups is 1. The molecule has 0 bridgehead atoms. The summed E-state index contributed by atoms with van der Waals surface area (Å²) in [7, 11) is 0. The van der Waals surface area contributed by atoms with Gasteiger partial charge in [-0.05, 0) is 31.0 Å². The molecule has 1 aliphatic rings. The Morgan fingerprint density at radius 2 is 2.09 bits per heavy atom. The number of piperidine rings is 1. The number of alkyl halides is 2. The van der Waals surface area contributed by atoms with Crippen LogP contribution < -0.4 is 10.2 Å². The molecule has 34 heavy (non-hydrogen) atoms. The SMILES string of the molecule is O=C(Nc1cc2c(-c3nc4ccc(N5CCC[C@H](O)C5)cn4n3)cnc(C(F)F)c2cn1)OF. The standard InChI is InChI=1S/C21H18F3N7O3/c22-19(23)18-14-7-25-16(27-21(33)34-24)6-13(14)15(8-26-18)20-28-17-4-3-11(9-31(17)29-20)30-5-1-2-12(32)10-30/h3-4,6-9,12,19,32H,1-2,5,10H2,(H,25,27,33)/t12-/m0/s1. The number of nitrogens with zero attached hydrogens (tertiary/aromatic N) is 6. The Bertz CT molecular complexity index is 1380. The number of rotatable bonds is 4. The van der Waals surface area contributed by atoms with Gasteiger partial charge in [-0.25, -0.2) is 33.0 Å². The molecule has 176 valence electrons. The second-order valence-corrected chi connectivity index (χ2v) is 7.83. The van der Waals surface area contributed by atoms with Crippen LogP contribution in [0.4, 0.5) is 29.6 Å². The molecular formula is C21H18F3N7O3. The van der Waals surface area contributed by atoms with Crippen LogP contribution in [0.25, 0.3) is 27.8 Å². The van der Waals surface area contributed by atoms with E-state index in [0.29, 0.717) is 17.8 Å². The van der Waals surface area contributed by atoms with Crippen molar-refractivity contribution in [2.75, 3.05) is 23.3 Å². The lowest BCUT2D eigenvalue weighted by molar-refractivity contribution is -0.0544. The highest BCUT2D eigenvalue weighted by Gasteiger charge is 2.21. The number of hydrogen-bond donors (Lipinski definition) is 2. The second kappa shape index (κ2) is 8.74. The summed E-state index contributed by atoms with van der Waals surface area (Å²) in [6.45, 7) is 1.32. The van der Waals surface area contributed by atoms with Crippen LogP contribution in [-0.4, -0.2) is 55.0 Å². The fourth-order valence-electron chi connectivity index (χ4n) is 4.06. The van der Waals surface area contributed by atoms with Crippen LogP contribution in [0.5, 0.6) is 0 Å². The molecule has 0 spiro atoms. The van der Waals surface area contributed by atoms with E-state index in [4.69, 9.17) is 0 Å². The third kappa shape index (κ3) is 4.05. The van der Waals surface area contributed by atoms with Gasteiger partial charge in [0, 0.05) is 46.3 Å². The van der Waals surface area contributed by atoms with Crippen molar-refractivity contribution < 1.29 is 28.1 Å². The maximum atomic E-state index is 13.5. The molecule has 0 unspecified atom stereocenters. The van der Waals surface area contributed by atoms with Crippen LogP contribution in [0.15, 0.2) is 36.8 Å². The third-order valence-corrected chi connectivity index (χ3v) is 5.63. The number of aliphatic hydroxyl groups is 1. The van der Waals surface area contributed by atoms with E-state index in [1.165, 1.54) is 12.3 Å². The first kappa shape index (κ1) is 21.8. The van der Waals surface area contributed by atoms with Gasteiger partial charge in [0.05, 0.1) is 18.0 Å². The van der Waals surface area contributed by atoms with Gasteiger partial charge in [0.15, 0.2) is 11.5 Å². The van der Waals surface area contributed by atoms with E-state index in [2.05, 4.69) is 35.2 Å². The number of amides is 1. The Morgan fingerprint density at radius 1 is 1.24 bits per heavy atom. The molecular weight excluding hydrogens is 455 g/mol. The Balaban J connectivity index is 1.59. The van der Waals surface area contributed by atoms with Crippen molar-refractivity contribution in [1.29, 1.82) is 0 Å². The zero-order valence-corrected chi connectivity index (χ0v) is 17.5. The van der Waals surface area contributed by atoms with Gasteiger partial charge >= 0.3 is 6.09 Å². The minimum absolute atomic E-state index is 0.0357. The normalized spacial score (nSPS) is 16.4. The number of carbonyl (C=O) groups excluding carboxylic acids is 1. The van der Waals surface area contributed by atoms with Gasteiger partial charge in [-0.15, -0.1) is 5.10 Å². The Kier molecular flexibility index (Phi) is 5.61. The number of pyridine rings is 3. The molecule has 4 aromatic rings. The van der Waals surface area contributed by atoms with Crippen molar-refractivity contribution >= 4 is 34.0 Å². The molecule has 10 nitrogen and oxygen atoms in total. The van der Waals surface area contributed by atoms with Crippen molar-refractivity contribution in [3.63, 3.8) is 0 Å². The van der Waals surface area contributed by atoms with Crippen molar-refractivity contribution in [3.8, 4) is 11.4 Å². The maximum absolute atomic E-state index is 13.5. The molecule has 5 heterocycles. The second-order valence-electron chi connectivity index (χ2n) is 7.83. The molecule has 1 aliphatic heterocycles. The van der Waals surface area contributed by atoms with Crippen LogP contribution in [-0.2, 0) is 4.94 Å². The first-order chi connectivity index (χ1) is 16.4. The number of hydrogen-bond acceptors (Lipinski definition) is 8. The lowest BCUT2D eigenvalue weighted by Crippen LogP contribution is -2.38. The molecule has 0 aliphatic carbocycles. The summed E-state index contributed by atoms with van der Waals surface area (Å²) in [6, 6.07) is 4.93. The van der Waals surface area contributed by atoms with Gasteiger partial charge in [0.1, 0.15) is 11.5 Å². The third-order valence-electron chi connectivity index (χ3n) is 5.63. The number of aliphatic hydroxyl groups excluding tert-OH is 1. The zero-order chi connectivity index (χ0) is 23.8. The summed E-state index contributed by atoms with van der Waals surface area (Å²) in [4.78, 5) is 28.6. The van der Waals surface area contributed by atoms with E-state index < -0.39 is 24.3 Å². The van der Waals surface area contributed by atoms with Gasteiger partial charge in [-0.1, -0.05) is 0 Å². The molecule has 4 aromatic heterocycles. The first-order valence-electron chi connectivity index (χ1n) is 10.4. The smallest absolute Gasteiger partial charge is 0.391 e. The summed E-state index contributed by atoms with van der Waals surface area (Å²) >= 11 is 0. The number of halogens is 3. The molecule has 1 fully saturated rings. The average Bonchev–Trinajstić information content (AvgIpc) is 3.26. The largest absolute Gasteiger partial charge is 0.450 e. The van der Waals surface area contributed by atoms with Crippen LogP contribution in [0.2, 0.25) is 0 Å². The average molecular weight is 473 g/mol. The number of nitrogens with one attached hydrogen (secondary N) is 1. The summed E-state index contributed by atoms with van der Waals surface area (Å²) < 4.78 is 40.7. The minimum atomic E-state index is -2.87. The fourth-order valence-corrected chi connectivity index (χ4v) is 4.06. The summed E-state index contributed by atoms with van der Waals surface area (Å²) in [5.41, 5.74) is 1.19. The van der Waals surface area contributed by atoms with Crippen molar-refractivity contribution in [1.82, 2.24) is 24.6 Å². The van der Waals surface area contributed by atoms with Crippen molar-refractivity contribution in [3.05, 3.63) is 42.5 Å². The molecule has 0 aromatic carbocycles. The van der Waals surface area contributed by atoms with Crippen molar-refractivity contribution in [2.45, 2.75) is 25.4 Å². The minimum Gasteiger partial charge on any atom is -0.391 e. The van der Waals surface area contributed by atoms with E-state index in [9.17, 15) is 23.2 Å². The highest BCUT2D eigenvalue weighted by Crippen LogP contribution is 2.33. The van der Waals surface area contributed by atoms with E-state index in [1.807, 2.05) is 6.07 Å². The highest BCUT2D eigenvalue weighted by molar-refractivity contribution is 5.98. The Morgan fingerprint density at radius 3 is 2.85 bits per heavy atom. The molecule has 5 rings (SSSR count). The summed E-state index contributed by atoms with van der Waals surface area (Å²) in [5, 5.41) is 16.8. The highest BCUT2D eigenvalue weighted by atomic mass is 19.3. The predicted octanol–water partition coefficient (Wildman–Crippen LogP) is 3.67. The van der Waals surface area contributed by atoms with Gasteiger partial charge in [-0.3, -0.25) is 10.3 Å². The first-order valence-corrected chi connectivity index (χ1v) is 10.4. The van der Waals surface area contributed by atoms with E-state index in [1.54, 1.807) is 16.8 Å². The lowest BCUT2D eigenvalue weighted by Gasteiger charge is -2.31. The fraction of sp³-hybridized carbons (Fsp3) is 0.286. The number of β-amino-alcohol motifs (C(OH)–C–C–N with tert-alkyl or cyclic N) is 1. The summed E-state index contributed by atoms with van der Waals surface area (Å²) in [6.07, 6.45) is 1.06. The number of aromatic nitrogens is 5.